The summed E-state index contributed by atoms with van der Waals surface area (Å²) in [5.74, 6) is -0.356. The number of carbonyl (C=O) groups is 3. The fraction of sp³-hybridized carbons (Fsp3) is 0.333. The minimum Gasteiger partial charge on any atom is -0.274 e. The topological polar surface area (TPSA) is 78.8 Å². The monoisotopic (exact) mass is 317 g/mol. The summed E-state index contributed by atoms with van der Waals surface area (Å²) in [4.78, 5) is 36.0. The Morgan fingerprint density at radius 2 is 1.86 bits per heavy atom. The van der Waals surface area contributed by atoms with Crippen LogP contribution in [-0.4, -0.2) is 22.8 Å². The quantitative estimate of drug-likeness (QED) is 0.838. The van der Waals surface area contributed by atoms with Gasteiger partial charge in [-0.2, -0.15) is 5.10 Å². The molecule has 0 radical (unpaired) electrons. The van der Waals surface area contributed by atoms with Crippen molar-refractivity contribution in [2.45, 2.75) is 25.7 Å². The molecule has 6 nitrogen and oxygen atoms in total. The van der Waals surface area contributed by atoms with Gasteiger partial charge in [0, 0.05) is 18.8 Å². The van der Waals surface area contributed by atoms with Gasteiger partial charge in [0.1, 0.15) is 0 Å². The highest BCUT2D eigenvalue weighted by atomic mass is 32.1. The average molecular weight is 317 g/mol. The zero-order chi connectivity index (χ0) is 15.7. The Bertz CT molecular complexity index is 665. The van der Waals surface area contributed by atoms with Gasteiger partial charge in [0.05, 0.1) is 11.4 Å². The minimum atomic E-state index is -0.577. The number of amides is 3. The molecule has 0 unspecified atom stereocenters. The van der Waals surface area contributed by atoms with E-state index in [-0.39, 0.29) is 17.7 Å². The summed E-state index contributed by atoms with van der Waals surface area (Å²) in [6, 6.07) is 6.97. The van der Waals surface area contributed by atoms with Crippen LogP contribution < -0.4 is 10.3 Å². The lowest BCUT2D eigenvalue weighted by atomic mass is 10.0. The molecule has 0 spiro atoms. The summed E-state index contributed by atoms with van der Waals surface area (Å²) in [6.45, 7) is 0. The molecule has 1 aromatic carbocycles. The van der Waals surface area contributed by atoms with Crippen molar-refractivity contribution in [1.29, 1.82) is 0 Å². The second-order valence-corrected chi connectivity index (χ2v) is 5.75. The van der Waals surface area contributed by atoms with E-state index in [1.807, 2.05) is 0 Å². The molecule has 1 aliphatic carbocycles. The first kappa shape index (κ1) is 14.8. The molecule has 7 heteroatoms. The van der Waals surface area contributed by atoms with Crippen molar-refractivity contribution in [2.75, 3.05) is 4.90 Å². The maximum absolute atomic E-state index is 12.2. The predicted octanol–water partition coefficient (Wildman–Crippen LogP) is 2.09. The summed E-state index contributed by atoms with van der Waals surface area (Å²) >= 11 is 3.80. The van der Waals surface area contributed by atoms with Gasteiger partial charge in [0.15, 0.2) is 0 Å². The number of anilines is 1. The molecule has 0 bridgehead atoms. The Morgan fingerprint density at radius 1 is 1.18 bits per heavy atom. The summed E-state index contributed by atoms with van der Waals surface area (Å²) in [5.41, 5.74) is 4.58. The number of rotatable bonds is 3. The van der Waals surface area contributed by atoms with Gasteiger partial charge < -0.3 is 0 Å². The zero-order valence-corrected chi connectivity index (χ0v) is 12.7. The predicted molar refractivity (Wildman–Crippen MR) is 84.9 cm³/mol. The van der Waals surface area contributed by atoms with Crippen LogP contribution in [0.5, 0.6) is 0 Å². The van der Waals surface area contributed by atoms with E-state index in [0.717, 1.165) is 29.0 Å². The van der Waals surface area contributed by atoms with Crippen molar-refractivity contribution in [1.82, 2.24) is 5.43 Å². The van der Waals surface area contributed by atoms with Gasteiger partial charge in [0.2, 0.25) is 11.8 Å². The van der Waals surface area contributed by atoms with E-state index in [9.17, 15) is 14.4 Å². The van der Waals surface area contributed by atoms with Crippen LogP contribution in [0.3, 0.4) is 0 Å². The Hall–Kier alpha value is -2.15. The van der Waals surface area contributed by atoms with E-state index < -0.39 is 5.24 Å². The van der Waals surface area contributed by atoms with Crippen molar-refractivity contribution >= 4 is 41.1 Å². The fourth-order valence-corrected chi connectivity index (χ4v) is 2.54. The van der Waals surface area contributed by atoms with E-state index in [0.29, 0.717) is 18.5 Å². The van der Waals surface area contributed by atoms with E-state index in [1.165, 1.54) is 0 Å². The molecule has 1 aliphatic heterocycles. The lowest BCUT2D eigenvalue weighted by Gasteiger charge is -2.19. The first-order chi connectivity index (χ1) is 10.6. The molecule has 0 atom stereocenters. The standard InChI is InChI=1S/C15H15N3O3S/c19-13-8-7-12(16-17-13)9-3-5-11(6-4-9)18(15(21)22)14(20)10-1-2-10/h3-6,10H,1-2,7-8H2,(H,17,19)(H,21,22). The lowest BCUT2D eigenvalue weighted by Crippen LogP contribution is -2.34. The normalized spacial score (nSPS) is 17.5. The largest absolute Gasteiger partial charge is 0.289 e. The number of thiol groups is 1. The minimum absolute atomic E-state index is 0.0614. The number of nitrogens with zero attached hydrogens (tertiary/aromatic N) is 2. The van der Waals surface area contributed by atoms with Crippen LogP contribution in [0.25, 0.3) is 0 Å². The molecule has 0 saturated heterocycles. The highest BCUT2D eigenvalue weighted by Crippen LogP contribution is 2.33. The first-order valence-corrected chi connectivity index (χ1v) is 7.53. The third-order valence-electron chi connectivity index (χ3n) is 3.70. The van der Waals surface area contributed by atoms with Crippen LogP contribution in [-0.2, 0) is 9.59 Å². The fourth-order valence-electron chi connectivity index (χ4n) is 2.33. The van der Waals surface area contributed by atoms with Gasteiger partial charge >= 0.3 is 0 Å². The molecule has 1 saturated carbocycles. The van der Waals surface area contributed by atoms with Crippen LogP contribution in [0.1, 0.15) is 31.2 Å². The lowest BCUT2D eigenvalue weighted by molar-refractivity contribution is -0.121. The highest BCUT2D eigenvalue weighted by molar-refractivity contribution is 7.97. The number of nitrogens with one attached hydrogen (secondary N) is 1. The van der Waals surface area contributed by atoms with E-state index in [1.54, 1.807) is 24.3 Å². The number of imide groups is 1. The second kappa shape index (κ2) is 5.92. The Balaban J connectivity index is 1.82. The van der Waals surface area contributed by atoms with Crippen LogP contribution in [0.4, 0.5) is 10.5 Å². The second-order valence-electron chi connectivity index (χ2n) is 5.37. The molecule has 1 N–H and O–H groups in total. The molecule has 1 aromatic rings. The van der Waals surface area contributed by atoms with Crippen molar-refractivity contribution < 1.29 is 14.4 Å². The molecular formula is C15H15N3O3S. The number of benzene rings is 1. The van der Waals surface area contributed by atoms with Gasteiger partial charge in [-0.25, -0.2) is 10.3 Å². The van der Waals surface area contributed by atoms with Crippen LogP contribution in [0.15, 0.2) is 29.4 Å². The van der Waals surface area contributed by atoms with Crippen LogP contribution in [0.2, 0.25) is 0 Å². The number of hydrazone groups is 1. The van der Waals surface area contributed by atoms with E-state index in [2.05, 4.69) is 23.2 Å². The Kier molecular flexibility index (Phi) is 3.98. The smallest absolute Gasteiger partial charge is 0.274 e. The van der Waals surface area contributed by atoms with Crippen molar-refractivity contribution in [3.8, 4) is 0 Å². The molecule has 114 valence electrons. The summed E-state index contributed by atoms with van der Waals surface area (Å²) in [7, 11) is 0. The SMILES string of the molecule is O=C1CCC(c2ccc(N(C(=O)S)C(=O)C3CC3)cc2)=NN1. The van der Waals surface area contributed by atoms with Crippen LogP contribution >= 0.6 is 12.6 Å². The third-order valence-corrected chi connectivity index (χ3v) is 3.90. The Labute approximate surface area is 133 Å². The van der Waals surface area contributed by atoms with E-state index >= 15 is 0 Å². The summed E-state index contributed by atoms with van der Waals surface area (Å²) in [6.07, 6.45) is 2.62. The molecule has 3 rings (SSSR count). The van der Waals surface area contributed by atoms with Gasteiger partial charge in [-0.15, -0.1) is 0 Å². The molecular weight excluding hydrogens is 302 g/mol. The van der Waals surface area contributed by atoms with Gasteiger partial charge in [-0.3, -0.25) is 14.4 Å². The van der Waals surface area contributed by atoms with Crippen molar-refractivity contribution in [2.24, 2.45) is 11.0 Å². The van der Waals surface area contributed by atoms with Crippen molar-refractivity contribution in [3.05, 3.63) is 29.8 Å². The molecule has 1 fully saturated rings. The van der Waals surface area contributed by atoms with Gasteiger partial charge in [-0.05, 0) is 30.5 Å². The summed E-state index contributed by atoms with van der Waals surface area (Å²) in [5, 5.41) is 3.44. The van der Waals surface area contributed by atoms with Gasteiger partial charge in [-0.1, -0.05) is 24.8 Å². The van der Waals surface area contributed by atoms with E-state index in [4.69, 9.17) is 0 Å². The number of carbonyl (C=O) groups excluding carboxylic acids is 3. The number of hydrogen-bond acceptors (Lipinski definition) is 4. The molecule has 22 heavy (non-hydrogen) atoms. The molecule has 1 heterocycles. The van der Waals surface area contributed by atoms with Gasteiger partial charge in [0.25, 0.3) is 5.24 Å². The Morgan fingerprint density at radius 3 is 2.36 bits per heavy atom. The maximum atomic E-state index is 12.2. The van der Waals surface area contributed by atoms with Crippen LogP contribution in [0, 0.1) is 5.92 Å². The highest BCUT2D eigenvalue weighted by Gasteiger charge is 2.36. The first-order valence-electron chi connectivity index (χ1n) is 7.09. The zero-order valence-electron chi connectivity index (χ0n) is 11.8. The number of hydrogen-bond donors (Lipinski definition) is 2. The summed E-state index contributed by atoms with van der Waals surface area (Å²) < 4.78 is 0. The molecule has 3 amide bonds. The third kappa shape index (κ3) is 3.04. The molecule has 0 aromatic heterocycles. The maximum Gasteiger partial charge on any atom is 0.289 e. The van der Waals surface area contributed by atoms with Crippen molar-refractivity contribution in [3.63, 3.8) is 0 Å². The molecule has 2 aliphatic rings. The average Bonchev–Trinajstić information content (AvgIpc) is 3.33.